The number of anilines is 1. The Labute approximate surface area is 130 Å². The molecule has 1 aromatic carbocycles. The van der Waals surface area contributed by atoms with E-state index in [-0.39, 0.29) is 0 Å². The molecule has 0 aliphatic rings. The van der Waals surface area contributed by atoms with E-state index < -0.39 is 0 Å². The normalized spacial score (nSPS) is 10.9. The van der Waals surface area contributed by atoms with Crippen molar-refractivity contribution in [2.45, 2.75) is 13.5 Å². The van der Waals surface area contributed by atoms with Crippen LogP contribution in [-0.4, -0.2) is 19.6 Å². The minimum Gasteiger partial charge on any atom is -0.383 e. The summed E-state index contributed by atoms with van der Waals surface area (Å²) in [6.45, 7) is 2.59. The number of halogens is 1. The topological polar surface area (TPSA) is 61.7 Å². The van der Waals surface area contributed by atoms with E-state index in [1.54, 1.807) is 0 Å². The quantitative estimate of drug-likeness (QED) is 0.712. The van der Waals surface area contributed by atoms with Crippen LogP contribution in [-0.2, 0) is 6.54 Å². The van der Waals surface area contributed by atoms with Gasteiger partial charge in [-0.05, 0) is 41.6 Å². The Bertz CT molecular complexity index is 729. The standard InChI is InChI=1S/C14H14IN5/c1-10-13(15)14(16)20(18-10)9-11-7-17-19(8-11)12-5-3-2-4-6-12/h2-8H,9,16H2,1H3. The van der Waals surface area contributed by atoms with E-state index in [1.807, 2.05) is 59.0 Å². The van der Waals surface area contributed by atoms with Crippen LogP contribution in [0.2, 0.25) is 0 Å². The SMILES string of the molecule is Cc1nn(Cc2cnn(-c3ccccc3)c2)c(N)c1I. The van der Waals surface area contributed by atoms with Crippen molar-refractivity contribution in [3.8, 4) is 5.69 Å². The summed E-state index contributed by atoms with van der Waals surface area (Å²) in [5.41, 5.74) is 9.10. The Morgan fingerprint density at radius 3 is 2.65 bits per heavy atom. The lowest BCUT2D eigenvalue weighted by Crippen LogP contribution is -2.05. The van der Waals surface area contributed by atoms with E-state index in [4.69, 9.17) is 5.73 Å². The molecule has 3 rings (SSSR count). The molecule has 0 amide bonds. The maximum absolute atomic E-state index is 6.03. The molecule has 0 unspecified atom stereocenters. The minimum absolute atomic E-state index is 0.627. The molecule has 20 heavy (non-hydrogen) atoms. The molecule has 2 N–H and O–H groups in total. The molecule has 3 aromatic rings. The predicted molar refractivity (Wildman–Crippen MR) is 86.8 cm³/mol. The molecule has 0 aliphatic heterocycles. The van der Waals surface area contributed by atoms with Gasteiger partial charge in [0.15, 0.2) is 0 Å². The molecule has 0 atom stereocenters. The number of aryl methyl sites for hydroxylation is 1. The van der Waals surface area contributed by atoms with Crippen molar-refractivity contribution < 1.29 is 0 Å². The highest BCUT2D eigenvalue weighted by atomic mass is 127. The molecule has 0 bridgehead atoms. The van der Waals surface area contributed by atoms with Gasteiger partial charge in [-0.3, -0.25) is 0 Å². The van der Waals surface area contributed by atoms with Crippen molar-refractivity contribution in [3.05, 3.63) is 57.6 Å². The molecule has 2 aromatic heterocycles. The van der Waals surface area contributed by atoms with E-state index >= 15 is 0 Å². The van der Waals surface area contributed by atoms with Crippen molar-refractivity contribution in [2.24, 2.45) is 0 Å². The first-order chi connectivity index (χ1) is 9.65. The molecule has 102 valence electrons. The number of nitrogens with zero attached hydrogens (tertiary/aromatic N) is 4. The molecule has 0 saturated carbocycles. The second-order valence-corrected chi connectivity index (χ2v) is 5.65. The van der Waals surface area contributed by atoms with Crippen LogP contribution >= 0.6 is 22.6 Å². The molecular weight excluding hydrogens is 365 g/mol. The predicted octanol–water partition coefficient (Wildman–Crippen LogP) is 2.61. The van der Waals surface area contributed by atoms with Gasteiger partial charge in [-0.25, -0.2) is 9.36 Å². The number of benzene rings is 1. The number of hydrogen-bond acceptors (Lipinski definition) is 3. The molecule has 6 heteroatoms. The fourth-order valence-electron chi connectivity index (χ4n) is 2.03. The first kappa shape index (κ1) is 13.2. The van der Waals surface area contributed by atoms with Crippen LogP contribution in [0.25, 0.3) is 5.69 Å². The molecular formula is C14H14IN5. The van der Waals surface area contributed by atoms with Crippen molar-refractivity contribution >= 4 is 28.4 Å². The lowest BCUT2D eigenvalue weighted by atomic mass is 10.3. The van der Waals surface area contributed by atoms with E-state index in [0.29, 0.717) is 12.4 Å². The molecule has 0 aliphatic carbocycles. The third kappa shape index (κ3) is 2.43. The van der Waals surface area contributed by atoms with E-state index in [2.05, 4.69) is 32.8 Å². The summed E-state index contributed by atoms with van der Waals surface area (Å²) in [4.78, 5) is 0. The third-order valence-corrected chi connectivity index (χ3v) is 4.41. The van der Waals surface area contributed by atoms with Crippen molar-refractivity contribution in [2.75, 3.05) is 5.73 Å². The first-order valence-electron chi connectivity index (χ1n) is 6.22. The minimum atomic E-state index is 0.627. The van der Waals surface area contributed by atoms with Crippen molar-refractivity contribution in [1.29, 1.82) is 0 Å². The van der Waals surface area contributed by atoms with Crippen LogP contribution in [0.1, 0.15) is 11.3 Å². The van der Waals surface area contributed by atoms with Gasteiger partial charge in [0.1, 0.15) is 5.82 Å². The second-order valence-electron chi connectivity index (χ2n) is 4.57. The number of rotatable bonds is 3. The molecule has 2 heterocycles. The summed E-state index contributed by atoms with van der Waals surface area (Å²) in [5.74, 6) is 0.704. The number of hydrogen-bond donors (Lipinski definition) is 1. The summed E-state index contributed by atoms with van der Waals surface area (Å²) in [5, 5.41) is 8.81. The van der Waals surface area contributed by atoms with E-state index in [0.717, 1.165) is 20.5 Å². The molecule has 0 spiro atoms. The highest BCUT2D eigenvalue weighted by Gasteiger charge is 2.10. The zero-order valence-electron chi connectivity index (χ0n) is 11.0. The summed E-state index contributed by atoms with van der Waals surface area (Å²) < 4.78 is 4.68. The summed E-state index contributed by atoms with van der Waals surface area (Å²) in [6.07, 6.45) is 3.84. The van der Waals surface area contributed by atoms with Crippen LogP contribution in [0.4, 0.5) is 5.82 Å². The number of nitrogen functional groups attached to an aromatic ring is 1. The summed E-state index contributed by atoms with van der Waals surface area (Å²) in [6, 6.07) is 10.0. The third-order valence-electron chi connectivity index (χ3n) is 3.08. The van der Waals surface area contributed by atoms with Crippen LogP contribution in [0.5, 0.6) is 0 Å². The highest BCUT2D eigenvalue weighted by Crippen LogP contribution is 2.19. The summed E-state index contributed by atoms with van der Waals surface area (Å²) in [7, 11) is 0. The Morgan fingerprint density at radius 1 is 1.25 bits per heavy atom. The smallest absolute Gasteiger partial charge is 0.135 e. The van der Waals surface area contributed by atoms with Gasteiger partial charge in [-0.2, -0.15) is 10.2 Å². The number of para-hydroxylation sites is 1. The Morgan fingerprint density at radius 2 is 2.00 bits per heavy atom. The largest absolute Gasteiger partial charge is 0.383 e. The van der Waals surface area contributed by atoms with Gasteiger partial charge in [0.2, 0.25) is 0 Å². The van der Waals surface area contributed by atoms with Gasteiger partial charge in [0.25, 0.3) is 0 Å². The number of nitrogens with two attached hydrogens (primary N) is 1. The average molecular weight is 379 g/mol. The number of aromatic nitrogens is 4. The maximum Gasteiger partial charge on any atom is 0.135 e. The maximum atomic E-state index is 6.03. The van der Waals surface area contributed by atoms with Gasteiger partial charge in [0, 0.05) is 11.8 Å². The Balaban J connectivity index is 1.86. The molecule has 5 nitrogen and oxygen atoms in total. The second kappa shape index (κ2) is 5.28. The molecule has 0 fully saturated rings. The van der Waals surface area contributed by atoms with Crippen LogP contribution in [0, 0.1) is 10.5 Å². The lowest BCUT2D eigenvalue weighted by molar-refractivity contribution is 0.689. The zero-order chi connectivity index (χ0) is 14.1. The van der Waals surface area contributed by atoms with Gasteiger partial charge < -0.3 is 5.73 Å². The summed E-state index contributed by atoms with van der Waals surface area (Å²) >= 11 is 2.22. The van der Waals surface area contributed by atoms with Gasteiger partial charge in [-0.15, -0.1) is 0 Å². The Kier molecular flexibility index (Phi) is 3.47. The van der Waals surface area contributed by atoms with Crippen molar-refractivity contribution in [3.63, 3.8) is 0 Å². The fraction of sp³-hybridized carbons (Fsp3) is 0.143. The average Bonchev–Trinajstić information content (AvgIpc) is 3.02. The zero-order valence-corrected chi connectivity index (χ0v) is 13.2. The Hall–Kier alpha value is -1.83. The lowest BCUT2D eigenvalue weighted by Gasteiger charge is -2.02. The molecule has 0 radical (unpaired) electrons. The van der Waals surface area contributed by atoms with Crippen LogP contribution in [0.15, 0.2) is 42.7 Å². The van der Waals surface area contributed by atoms with E-state index in [9.17, 15) is 0 Å². The van der Waals surface area contributed by atoms with Crippen LogP contribution < -0.4 is 5.73 Å². The van der Waals surface area contributed by atoms with Crippen LogP contribution in [0.3, 0.4) is 0 Å². The monoisotopic (exact) mass is 379 g/mol. The first-order valence-corrected chi connectivity index (χ1v) is 7.30. The van der Waals surface area contributed by atoms with Crippen molar-refractivity contribution in [1.82, 2.24) is 19.6 Å². The van der Waals surface area contributed by atoms with E-state index in [1.165, 1.54) is 0 Å². The van der Waals surface area contributed by atoms with Gasteiger partial charge in [-0.1, -0.05) is 18.2 Å². The van der Waals surface area contributed by atoms with Gasteiger partial charge in [0.05, 0.1) is 27.7 Å². The molecule has 0 saturated heterocycles. The van der Waals surface area contributed by atoms with Gasteiger partial charge >= 0.3 is 0 Å². The fourth-order valence-corrected chi connectivity index (χ4v) is 2.42. The highest BCUT2D eigenvalue weighted by molar-refractivity contribution is 14.1.